The van der Waals surface area contributed by atoms with Crippen molar-refractivity contribution in [2.75, 3.05) is 68.9 Å². The maximum Gasteiger partial charge on any atom is 0.274 e. The highest BCUT2D eigenvalue weighted by Crippen LogP contribution is 2.31. The lowest BCUT2D eigenvalue weighted by molar-refractivity contribution is 0.0491. The third-order valence-electron chi connectivity index (χ3n) is 8.20. The number of methoxy groups -OCH3 is 1. The number of piperidine rings is 1. The highest BCUT2D eigenvalue weighted by molar-refractivity contribution is 6.32. The molecule has 3 aliphatic rings. The van der Waals surface area contributed by atoms with Crippen molar-refractivity contribution < 1.29 is 14.3 Å². The molecule has 2 aromatic rings. The number of piperazine rings is 1. The molecule has 2 saturated heterocycles. The molecule has 14 heteroatoms. The SMILES string of the molecule is CC[C@H]1CN(c2nc(NCCOC)c(C(=O)NC3CC3)nc2Cl)CCN1C1CCN(C(=O)c2ccc(Cl)nc2N)CC1. The van der Waals surface area contributed by atoms with E-state index in [4.69, 9.17) is 38.7 Å². The van der Waals surface area contributed by atoms with Gasteiger partial charge in [-0.05, 0) is 44.2 Å². The Morgan fingerprint density at radius 1 is 1.07 bits per heavy atom. The maximum absolute atomic E-state index is 13.1. The molecular weight excluding hydrogens is 581 g/mol. The zero-order valence-electron chi connectivity index (χ0n) is 24.1. The van der Waals surface area contributed by atoms with Crippen LogP contribution in [-0.2, 0) is 4.74 Å². The summed E-state index contributed by atoms with van der Waals surface area (Å²) in [7, 11) is 1.63. The standard InChI is InChI=1S/C28H39Cl2N9O3/c1-3-18-16-38(26-23(30)35-22(27(40)33-17-4-5-17)25(36-26)32-10-15-42-2)13-14-39(18)19-8-11-37(12-9-19)28(41)20-6-7-21(29)34-24(20)31/h6-7,17-19H,3-5,8-16H2,1-2H3,(H2,31,34)(H,32,36)(H,33,40)/t18-/m0/s1. The summed E-state index contributed by atoms with van der Waals surface area (Å²) in [6, 6.07) is 4.07. The van der Waals surface area contributed by atoms with Crippen LogP contribution in [0.4, 0.5) is 17.5 Å². The number of nitrogens with one attached hydrogen (secondary N) is 2. The van der Waals surface area contributed by atoms with Crippen molar-refractivity contribution in [1.82, 2.24) is 30.1 Å². The zero-order chi connectivity index (χ0) is 29.8. The highest BCUT2D eigenvalue weighted by atomic mass is 35.5. The lowest BCUT2D eigenvalue weighted by atomic mass is 9.97. The fourth-order valence-corrected chi connectivity index (χ4v) is 6.15. The average Bonchev–Trinajstić information content (AvgIpc) is 3.81. The molecule has 0 unspecified atom stereocenters. The van der Waals surface area contributed by atoms with Gasteiger partial charge in [0, 0.05) is 64.5 Å². The normalized spacial score (nSPS) is 20.0. The number of aromatic nitrogens is 3. The third-order valence-corrected chi connectivity index (χ3v) is 8.67. The summed E-state index contributed by atoms with van der Waals surface area (Å²) in [5.74, 6) is 0.770. The Hall–Kier alpha value is -2.93. The lowest BCUT2D eigenvalue weighted by Crippen LogP contribution is -2.58. The Kier molecular flexibility index (Phi) is 9.87. The number of rotatable bonds is 10. The molecule has 2 aromatic heterocycles. The van der Waals surface area contributed by atoms with Gasteiger partial charge in [-0.3, -0.25) is 14.5 Å². The molecule has 12 nitrogen and oxygen atoms in total. The van der Waals surface area contributed by atoms with Gasteiger partial charge in [0.2, 0.25) is 0 Å². The van der Waals surface area contributed by atoms with E-state index in [1.165, 1.54) is 0 Å². The third kappa shape index (κ3) is 6.99. The van der Waals surface area contributed by atoms with Gasteiger partial charge in [0.25, 0.3) is 11.8 Å². The summed E-state index contributed by atoms with van der Waals surface area (Å²) in [4.78, 5) is 45.9. The zero-order valence-corrected chi connectivity index (χ0v) is 25.6. The summed E-state index contributed by atoms with van der Waals surface area (Å²) < 4.78 is 5.17. The van der Waals surface area contributed by atoms with Crippen LogP contribution in [0.1, 0.15) is 59.9 Å². The van der Waals surface area contributed by atoms with Crippen LogP contribution >= 0.6 is 23.2 Å². The van der Waals surface area contributed by atoms with Gasteiger partial charge in [-0.25, -0.2) is 15.0 Å². The topological polar surface area (TPSA) is 142 Å². The van der Waals surface area contributed by atoms with E-state index in [9.17, 15) is 9.59 Å². The molecule has 0 bridgehead atoms. The molecule has 4 N–H and O–H groups in total. The van der Waals surface area contributed by atoms with Gasteiger partial charge in [-0.15, -0.1) is 0 Å². The monoisotopic (exact) mass is 619 g/mol. The van der Waals surface area contributed by atoms with Crippen LogP contribution in [-0.4, -0.2) is 108 Å². The number of carbonyl (C=O) groups is 2. The number of amides is 2. The van der Waals surface area contributed by atoms with E-state index in [0.29, 0.717) is 49.5 Å². The minimum atomic E-state index is -0.269. The molecule has 3 fully saturated rings. The molecule has 0 aromatic carbocycles. The van der Waals surface area contributed by atoms with Crippen molar-refractivity contribution in [3.05, 3.63) is 33.7 Å². The van der Waals surface area contributed by atoms with Crippen LogP contribution in [0.5, 0.6) is 0 Å². The van der Waals surface area contributed by atoms with Gasteiger partial charge in [-0.1, -0.05) is 30.1 Å². The number of ether oxygens (including phenoxy) is 1. The van der Waals surface area contributed by atoms with E-state index in [2.05, 4.69) is 37.3 Å². The highest BCUT2D eigenvalue weighted by Gasteiger charge is 2.36. The van der Waals surface area contributed by atoms with E-state index in [-0.39, 0.29) is 45.7 Å². The average molecular weight is 621 g/mol. The lowest BCUT2D eigenvalue weighted by Gasteiger charge is -2.47. The second kappa shape index (κ2) is 13.6. The van der Waals surface area contributed by atoms with E-state index < -0.39 is 0 Å². The first-order valence-electron chi connectivity index (χ1n) is 14.6. The predicted molar refractivity (Wildman–Crippen MR) is 163 cm³/mol. The van der Waals surface area contributed by atoms with Crippen molar-refractivity contribution in [2.45, 2.75) is 57.2 Å². The summed E-state index contributed by atoms with van der Waals surface area (Å²) in [6.45, 7) is 6.75. The second-order valence-electron chi connectivity index (χ2n) is 11.0. The van der Waals surface area contributed by atoms with Crippen molar-refractivity contribution in [2.24, 2.45) is 0 Å². The quantitative estimate of drug-likeness (QED) is 0.268. The van der Waals surface area contributed by atoms with Gasteiger partial charge in [0.05, 0.1) is 12.2 Å². The molecule has 2 amide bonds. The number of hydrogen-bond donors (Lipinski definition) is 3. The number of halogens is 2. The van der Waals surface area contributed by atoms with Crippen molar-refractivity contribution in [3.8, 4) is 0 Å². The van der Waals surface area contributed by atoms with Crippen LogP contribution in [0.3, 0.4) is 0 Å². The first-order chi connectivity index (χ1) is 20.3. The summed E-state index contributed by atoms with van der Waals surface area (Å²) in [5, 5.41) is 6.68. The molecule has 42 heavy (non-hydrogen) atoms. The Labute approximate surface area is 256 Å². The van der Waals surface area contributed by atoms with E-state index >= 15 is 0 Å². The van der Waals surface area contributed by atoms with Crippen molar-refractivity contribution >= 4 is 52.5 Å². The first-order valence-corrected chi connectivity index (χ1v) is 15.4. The van der Waals surface area contributed by atoms with E-state index in [0.717, 1.165) is 51.7 Å². The molecule has 1 atom stereocenters. The van der Waals surface area contributed by atoms with Crippen molar-refractivity contribution in [3.63, 3.8) is 0 Å². The molecule has 1 aliphatic carbocycles. The number of nitrogens with two attached hydrogens (primary N) is 1. The van der Waals surface area contributed by atoms with Gasteiger partial charge in [0.15, 0.2) is 22.5 Å². The number of carbonyl (C=O) groups excluding carboxylic acids is 2. The van der Waals surface area contributed by atoms with Gasteiger partial charge in [-0.2, -0.15) is 0 Å². The summed E-state index contributed by atoms with van der Waals surface area (Å²) in [5.41, 5.74) is 6.56. The minimum Gasteiger partial charge on any atom is -0.383 e. The van der Waals surface area contributed by atoms with Gasteiger partial charge in [0.1, 0.15) is 11.0 Å². The number of hydrogen-bond acceptors (Lipinski definition) is 10. The Balaban J connectivity index is 1.24. The fourth-order valence-electron chi connectivity index (χ4n) is 5.75. The molecular formula is C28H39Cl2N9O3. The van der Waals surface area contributed by atoms with Crippen LogP contribution in [0.15, 0.2) is 12.1 Å². The molecule has 1 saturated carbocycles. The van der Waals surface area contributed by atoms with Crippen LogP contribution in [0.2, 0.25) is 10.3 Å². The summed E-state index contributed by atoms with van der Waals surface area (Å²) in [6.07, 6.45) is 4.66. The summed E-state index contributed by atoms with van der Waals surface area (Å²) >= 11 is 12.6. The Morgan fingerprint density at radius 2 is 1.83 bits per heavy atom. The molecule has 2 aliphatic heterocycles. The molecule has 4 heterocycles. The minimum absolute atomic E-state index is 0.107. The van der Waals surface area contributed by atoms with Crippen LogP contribution in [0.25, 0.3) is 0 Å². The maximum atomic E-state index is 13.1. The van der Waals surface area contributed by atoms with Gasteiger partial charge < -0.3 is 30.9 Å². The van der Waals surface area contributed by atoms with Crippen molar-refractivity contribution in [1.29, 1.82) is 0 Å². The predicted octanol–water partition coefficient (Wildman–Crippen LogP) is 2.92. The first kappa shape index (κ1) is 30.5. The fraction of sp³-hybridized carbons (Fsp3) is 0.607. The number of anilines is 3. The van der Waals surface area contributed by atoms with E-state index in [1.807, 2.05) is 4.90 Å². The Bertz CT molecular complexity index is 1290. The smallest absolute Gasteiger partial charge is 0.274 e. The van der Waals surface area contributed by atoms with Crippen LogP contribution < -0.4 is 21.3 Å². The van der Waals surface area contributed by atoms with Crippen LogP contribution in [0, 0.1) is 0 Å². The molecule has 5 rings (SSSR count). The molecule has 0 radical (unpaired) electrons. The molecule has 0 spiro atoms. The number of nitrogen functional groups attached to an aromatic ring is 1. The number of pyridine rings is 1. The Morgan fingerprint density at radius 3 is 2.50 bits per heavy atom. The number of likely N-dealkylation sites (tertiary alicyclic amines) is 1. The second-order valence-corrected chi connectivity index (χ2v) is 11.8. The van der Waals surface area contributed by atoms with Gasteiger partial charge >= 0.3 is 0 Å². The molecule has 228 valence electrons. The largest absolute Gasteiger partial charge is 0.383 e. The number of nitrogens with zero attached hydrogens (tertiary/aromatic N) is 6. The van der Waals surface area contributed by atoms with E-state index in [1.54, 1.807) is 19.2 Å².